The molecule has 1 aromatic carbocycles. The smallest absolute Gasteiger partial charge is 0.480 e. The number of aliphatic carboxylic acids is 1. The SMILES string of the molecule is CCC(C)(C)OC(=O)Oc1ccc(C(C(C)COC(=O)OC(C)(C)C)[C@H](N)C(=O)O)cc1OC(=O)OC(C)(C)CC. The molecule has 12 nitrogen and oxygen atoms in total. The lowest BCUT2D eigenvalue weighted by atomic mass is 9.82. The Morgan fingerprint density at radius 2 is 1.29 bits per heavy atom. The van der Waals surface area contributed by atoms with E-state index >= 15 is 0 Å². The molecule has 3 atom stereocenters. The molecule has 2 unspecified atom stereocenters. The lowest BCUT2D eigenvalue weighted by molar-refractivity contribution is -0.139. The molecule has 0 bridgehead atoms. The fourth-order valence-electron chi connectivity index (χ4n) is 3.34. The van der Waals surface area contributed by atoms with Crippen molar-refractivity contribution in [3.63, 3.8) is 0 Å². The number of carboxylic acid groups (broad SMARTS) is 1. The maximum absolute atomic E-state index is 12.6. The predicted molar refractivity (Wildman–Crippen MR) is 149 cm³/mol. The standard InChI is InChI=1S/C29H45NO11/c1-11-28(7,8)40-25(34)37-19-14-13-18(15-20(19)38-26(35)41-29(9,10)12-2)21(22(30)23(31)32)17(3)16-36-24(33)39-27(4,5)6/h13-15,17,21-22H,11-12,16,30H2,1-10H3,(H,31,32)/t17?,21?,22-/m0/s1. The number of nitrogens with two attached hydrogens (primary N) is 1. The molecule has 232 valence electrons. The number of carbonyl (C=O) groups excluding carboxylic acids is 3. The van der Waals surface area contributed by atoms with E-state index in [9.17, 15) is 24.3 Å². The van der Waals surface area contributed by atoms with Crippen LogP contribution in [0.1, 0.15) is 93.6 Å². The minimum atomic E-state index is -1.44. The first-order valence-electron chi connectivity index (χ1n) is 13.5. The average Bonchev–Trinajstić information content (AvgIpc) is 2.82. The summed E-state index contributed by atoms with van der Waals surface area (Å²) < 4.78 is 31.8. The molecule has 0 aromatic heterocycles. The van der Waals surface area contributed by atoms with Gasteiger partial charge in [-0.3, -0.25) is 4.79 Å². The number of hydrogen-bond donors (Lipinski definition) is 2. The Bertz CT molecular complexity index is 1080. The van der Waals surface area contributed by atoms with E-state index in [2.05, 4.69) is 0 Å². The molecule has 0 saturated carbocycles. The molecule has 12 heteroatoms. The number of ether oxygens (including phenoxy) is 6. The predicted octanol–water partition coefficient (Wildman–Crippen LogP) is 6.18. The zero-order valence-electron chi connectivity index (χ0n) is 25.7. The van der Waals surface area contributed by atoms with Crippen LogP contribution in [0.15, 0.2) is 18.2 Å². The summed E-state index contributed by atoms with van der Waals surface area (Å²) in [5.41, 5.74) is 3.92. The summed E-state index contributed by atoms with van der Waals surface area (Å²) in [6, 6.07) is 2.68. The van der Waals surface area contributed by atoms with E-state index in [1.807, 2.05) is 13.8 Å². The Hall–Kier alpha value is -3.54. The van der Waals surface area contributed by atoms with Gasteiger partial charge in [-0.2, -0.15) is 0 Å². The summed E-state index contributed by atoms with van der Waals surface area (Å²) in [5, 5.41) is 9.72. The monoisotopic (exact) mass is 583 g/mol. The van der Waals surface area contributed by atoms with Gasteiger partial charge >= 0.3 is 24.4 Å². The van der Waals surface area contributed by atoms with Crippen LogP contribution in [0.4, 0.5) is 14.4 Å². The molecule has 0 heterocycles. The van der Waals surface area contributed by atoms with Crippen LogP contribution in [-0.4, -0.2) is 59.0 Å². The molecule has 0 amide bonds. The number of carboxylic acids is 1. The lowest BCUT2D eigenvalue weighted by Crippen LogP contribution is -2.41. The molecular weight excluding hydrogens is 538 g/mol. The number of rotatable bonds is 12. The zero-order valence-corrected chi connectivity index (χ0v) is 25.7. The summed E-state index contributed by atoms with van der Waals surface area (Å²) >= 11 is 0. The molecule has 1 rings (SSSR count). The topological polar surface area (TPSA) is 170 Å². The van der Waals surface area contributed by atoms with Gasteiger partial charge in [0.1, 0.15) is 22.8 Å². The molecular formula is C29H45NO11. The molecule has 0 spiro atoms. The minimum absolute atomic E-state index is 0.169. The first kappa shape index (κ1) is 35.5. The maximum atomic E-state index is 12.6. The van der Waals surface area contributed by atoms with Crippen LogP contribution in [0.25, 0.3) is 0 Å². The normalized spacial score (nSPS) is 14.2. The van der Waals surface area contributed by atoms with Gasteiger partial charge in [0.05, 0.1) is 6.61 Å². The molecule has 1 aromatic rings. The van der Waals surface area contributed by atoms with Gasteiger partial charge in [0.2, 0.25) is 0 Å². The first-order chi connectivity index (χ1) is 18.7. The molecule has 3 N–H and O–H groups in total. The van der Waals surface area contributed by atoms with E-state index in [1.165, 1.54) is 18.2 Å². The van der Waals surface area contributed by atoms with Crippen LogP contribution in [-0.2, 0) is 23.7 Å². The maximum Gasteiger partial charge on any atom is 0.514 e. The lowest BCUT2D eigenvalue weighted by Gasteiger charge is -2.28. The van der Waals surface area contributed by atoms with Gasteiger partial charge in [-0.25, -0.2) is 14.4 Å². The highest BCUT2D eigenvalue weighted by Crippen LogP contribution is 2.36. The van der Waals surface area contributed by atoms with Crippen LogP contribution in [0.2, 0.25) is 0 Å². The molecule has 0 radical (unpaired) electrons. The molecule has 41 heavy (non-hydrogen) atoms. The van der Waals surface area contributed by atoms with E-state index < -0.39 is 59.1 Å². The minimum Gasteiger partial charge on any atom is -0.480 e. The Kier molecular flexibility index (Phi) is 12.4. The fourth-order valence-corrected chi connectivity index (χ4v) is 3.34. The van der Waals surface area contributed by atoms with E-state index in [0.717, 1.165) is 0 Å². The van der Waals surface area contributed by atoms with Gasteiger partial charge in [0.25, 0.3) is 0 Å². The van der Waals surface area contributed by atoms with Crippen LogP contribution in [0.5, 0.6) is 11.5 Å². The van der Waals surface area contributed by atoms with E-state index in [0.29, 0.717) is 18.4 Å². The summed E-state index contributed by atoms with van der Waals surface area (Å²) in [6.45, 7) is 16.9. The van der Waals surface area contributed by atoms with E-state index in [4.69, 9.17) is 34.2 Å². The fraction of sp³-hybridized carbons (Fsp3) is 0.655. The first-order valence-corrected chi connectivity index (χ1v) is 13.5. The van der Waals surface area contributed by atoms with Crippen LogP contribution >= 0.6 is 0 Å². The van der Waals surface area contributed by atoms with Gasteiger partial charge in [-0.15, -0.1) is 0 Å². The molecule has 0 saturated heterocycles. The highest BCUT2D eigenvalue weighted by molar-refractivity contribution is 5.75. The van der Waals surface area contributed by atoms with Crippen molar-refractivity contribution in [1.82, 2.24) is 0 Å². The summed E-state index contributed by atoms with van der Waals surface area (Å²) in [4.78, 5) is 49.1. The molecule has 0 aliphatic heterocycles. The van der Waals surface area contributed by atoms with Gasteiger partial charge in [-0.1, -0.05) is 26.8 Å². The Balaban J connectivity index is 3.44. The van der Waals surface area contributed by atoms with Crippen molar-refractivity contribution in [2.24, 2.45) is 11.7 Å². The highest BCUT2D eigenvalue weighted by Gasteiger charge is 2.34. The van der Waals surface area contributed by atoms with Gasteiger partial charge in [0.15, 0.2) is 11.5 Å². The third kappa shape index (κ3) is 12.2. The van der Waals surface area contributed by atoms with E-state index in [1.54, 1.807) is 55.4 Å². The van der Waals surface area contributed by atoms with Gasteiger partial charge in [-0.05, 0) is 84.9 Å². The second kappa shape index (κ2) is 14.4. The largest absolute Gasteiger partial charge is 0.514 e. The van der Waals surface area contributed by atoms with Crippen LogP contribution in [0.3, 0.4) is 0 Å². The summed E-state index contributed by atoms with van der Waals surface area (Å²) in [6.07, 6.45) is -2.01. The second-order valence-electron chi connectivity index (χ2n) is 12.0. The number of hydrogen-bond acceptors (Lipinski definition) is 11. The third-order valence-corrected chi connectivity index (χ3v) is 6.30. The third-order valence-electron chi connectivity index (χ3n) is 6.30. The molecule has 0 aliphatic carbocycles. The average molecular weight is 584 g/mol. The molecule has 0 aliphatic rings. The number of benzene rings is 1. The van der Waals surface area contributed by atoms with Gasteiger partial charge in [0, 0.05) is 5.92 Å². The summed E-state index contributed by atoms with van der Waals surface area (Å²) in [7, 11) is 0. The van der Waals surface area contributed by atoms with Crippen molar-refractivity contribution < 1.29 is 52.7 Å². The van der Waals surface area contributed by atoms with Crippen molar-refractivity contribution in [2.45, 2.75) is 111 Å². The van der Waals surface area contributed by atoms with Crippen molar-refractivity contribution in [1.29, 1.82) is 0 Å². The van der Waals surface area contributed by atoms with Gasteiger partial charge < -0.3 is 39.3 Å². The second-order valence-corrected chi connectivity index (χ2v) is 12.0. The van der Waals surface area contributed by atoms with Crippen molar-refractivity contribution >= 4 is 24.4 Å². The Morgan fingerprint density at radius 3 is 1.73 bits per heavy atom. The molecule has 0 fully saturated rings. The van der Waals surface area contributed by atoms with Crippen molar-refractivity contribution in [3.05, 3.63) is 23.8 Å². The Morgan fingerprint density at radius 1 is 0.805 bits per heavy atom. The zero-order chi connectivity index (χ0) is 31.8. The summed E-state index contributed by atoms with van der Waals surface area (Å²) in [5.74, 6) is -3.27. The quantitative estimate of drug-likeness (QED) is 0.163. The van der Waals surface area contributed by atoms with E-state index in [-0.39, 0.29) is 18.1 Å². The van der Waals surface area contributed by atoms with Crippen molar-refractivity contribution in [3.8, 4) is 11.5 Å². The number of carbonyl (C=O) groups is 4. The van der Waals surface area contributed by atoms with Crippen LogP contribution in [0, 0.1) is 5.92 Å². The van der Waals surface area contributed by atoms with Crippen molar-refractivity contribution in [2.75, 3.05) is 6.61 Å². The highest BCUT2D eigenvalue weighted by atomic mass is 16.8. The Labute approximate surface area is 241 Å². The van der Waals surface area contributed by atoms with Crippen LogP contribution < -0.4 is 15.2 Å².